The Morgan fingerprint density at radius 1 is 1.29 bits per heavy atom. The highest BCUT2D eigenvalue weighted by molar-refractivity contribution is 9.10. The SMILES string of the molecule is COc1ccc(Br)c(COC(=O)c2cc(N)ccc2Cl)c1. The summed E-state index contributed by atoms with van der Waals surface area (Å²) in [5, 5.41) is 0.305. The first-order valence-electron chi connectivity index (χ1n) is 6.06. The van der Waals surface area contributed by atoms with Gasteiger partial charge in [0.15, 0.2) is 0 Å². The van der Waals surface area contributed by atoms with E-state index in [1.165, 1.54) is 6.07 Å². The first-order valence-corrected chi connectivity index (χ1v) is 7.23. The number of ether oxygens (including phenoxy) is 2. The van der Waals surface area contributed by atoms with Crippen molar-refractivity contribution < 1.29 is 14.3 Å². The number of halogens is 2. The molecule has 0 bridgehead atoms. The van der Waals surface area contributed by atoms with Gasteiger partial charge in [0.25, 0.3) is 0 Å². The molecule has 0 saturated carbocycles. The van der Waals surface area contributed by atoms with E-state index < -0.39 is 5.97 Å². The Morgan fingerprint density at radius 2 is 2.05 bits per heavy atom. The molecule has 0 unspecified atom stereocenters. The van der Waals surface area contributed by atoms with Crippen molar-refractivity contribution in [1.29, 1.82) is 0 Å². The van der Waals surface area contributed by atoms with Gasteiger partial charge in [0.2, 0.25) is 0 Å². The normalized spacial score (nSPS) is 10.2. The molecule has 0 saturated heterocycles. The molecule has 0 atom stereocenters. The third-order valence-electron chi connectivity index (χ3n) is 2.82. The standard InChI is InChI=1S/C15H13BrClNO3/c1-20-11-3-4-13(16)9(6-11)8-21-15(19)12-7-10(18)2-5-14(12)17/h2-7H,8,18H2,1H3. The number of nitrogen functional groups attached to an aromatic ring is 1. The molecule has 2 rings (SSSR count). The molecule has 4 nitrogen and oxygen atoms in total. The van der Waals surface area contributed by atoms with E-state index in [4.69, 9.17) is 26.8 Å². The second-order valence-corrected chi connectivity index (χ2v) is 5.53. The summed E-state index contributed by atoms with van der Waals surface area (Å²) >= 11 is 9.37. The van der Waals surface area contributed by atoms with E-state index in [1.54, 1.807) is 25.3 Å². The van der Waals surface area contributed by atoms with Gasteiger partial charge in [-0.15, -0.1) is 0 Å². The van der Waals surface area contributed by atoms with Crippen LogP contribution in [0.25, 0.3) is 0 Å². The average Bonchev–Trinajstić information content (AvgIpc) is 2.48. The monoisotopic (exact) mass is 369 g/mol. The lowest BCUT2D eigenvalue weighted by molar-refractivity contribution is 0.0472. The summed E-state index contributed by atoms with van der Waals surface area (Å²) in [5.74, 6) is 0.160. The van der Waals surface area contributed by atoms with E-state index in [1.807, 2.05) is 12.1 Å². The number of anilines is 1. The van der Waals surface area contributed by atoms with Crippen LogP contribution in [0.2, 0.25) is 5.02 Å². The van der Waals surface area contributed by atoms with Crippen LogP contribution < -0.4 is 10.5 Å². The molecule has 0 aromatic heterocycles. The van der Waals surface area contributed by atoms with Crippen LogP contribution in [-0.2, 0) is 11.3 Å². The van der Waals surface area contributed by atoms with Gasteiger partial charge in [-0.1, -0.05) is 27.5 Å². The molecule has 0 aliphatic carbocycles. The van der Waals surface area contributed by atoms with Crippen LogP contribution in [0.1, 0.15) is 15.9 Å². The van der Waals surface area contributed by atoms with Crippen LogP contribution in [0.4, 0.5) is 5.69 Å². The Balaban J connectivity index is 2.12. The maximum Gasteiger partial charge on any atom is 0.340 e. The van der Waals surface area contributed by atoms with Gasteiger partial charge in [0, 0.05) is 15.7 Å². The summed E-state index contributed by atoms with van der Waals surface area (Å²) in [7, 11) is 1.57. The minimum Gasteiger partial charge on any atom is -0.497 e. The zero-order chi connectivity index (χ0) is 15.4. The molecule has 0 radical (unpaired) electrons. The maximum atomic E-state index is 12.0. The highest BCUT2D eigenvalue weighted by Crippen LogP contribution is 2.24. The number of rotatable bonds is 4. The lowest BCUT2D eigenvalue weighted by Crippen LogP contribution is -2.07. The lowest BCUT2D eigenvalue weighted by Gasteiger charge is -2.09. The minimum atomic E-state index is -0.526. The van der Waals surface area contributed by atoms with Gasteiger partial charge in [0.1, 0.15) is 12.4 Å². The third kappa shape index (κ3) is 3.89. The topological polar surface area (TPSA) is 61.5 Å². The number of carbonyl (C=O) groups is 1. The molecule has 0 aliphatic heterocycles. The van der Waals surface area contributed by atoms with Crippen molar-refractivity contribution in [2.45, 2.75) is 6.61 Å². The number of nitrogens with two attached hydrogens (primary N) is 1. The van der Waals surface area contributed by atoms with E-state index in [9.17, 15) is 4.79 Å². The highest BCUT2D eigenvalue weighted by Gasteiger charge is 2.13. The third-order valence-corrected chi connectivity index (χ3v) is 3.93. The Morgan fingerprint density at radius 3 is 2.76 bits per heavy atom. The molecule has 0 fully saturated rings. The van der Waals surface area contributed by atoms with Gasteiger partial charge in [0.05, 0.1) is 17.7 Å². The number of benzene rings is 2. The lowest BCUT2D eigenvalue weighted by atomic mass is 10.2. The fourth-order valence-electron chi connectivity index (χ4n) is 1.71. The molecule has 2 aromatic rings. The maximum absolute atomic E-state index is 12.0. The second-order valence-electron chi connectivity index (χ2n) is 4.27. The molecule has 0 heterocycles. The van der Waals surface area contributed by atoms with E-state index in [2.05, 4.69) is 15.9 Å². The van der Waals surface area contributed by atoms with E-state index in [0.29, 0.717) is 16.5 Å². The van der Waals surface area contributed by atoms with Crippen molar-refractivity contribution >= 4 is 39.2 Å². The number of esters is 1. The van der Waals surface area contributed by atoms with Gasteiger partial charge >= 0.3 is 5.97 Å². The van der Waals surface area contributed by atoms with Crippen molar-refractivity contribution in [3.05, 3.63) is 57.0 Å². The smallest absolute Gasteiger partial charge is 0.340 e. The van der Waals surface area contributed by atoms with Crippen LogP contribution in [0.3, 0.4) is 0 Å². The average molecular weight is 371 g/mol. The Hall–Kier alpha value is -1.72. The van der Waals surface area contributed by atoms with Crippen LogP contribution in [0.5, 0.6) is 5.75 Å². The van der Waals surface area contributed by atoms with E-state index in [0.717, 1.165) is 10.0 Å². The Bertz CT molecular complexity index is 676. The quantitative estimate of drug-likeness (QED) is 0.651. The molecular formula is C15H13BrClNO3. The Labute approximate surface area is 135 Å². The number of hydrogen-bond acceptors (Lipinski definition) is 4. The first kappa shape index (κ1) is 15.7. The first-order chi connectivity index (χ1) is 10.0. The number of carbonyl (C=O) groups excluding carboxylic acids is 1. The van der Waals surface area contributed by atoms with Crippen molar-refractivity contribution in [1.82, 2.24) is 0 Å². The molecular weight excluding hydrogens is 358 g/mol. The van der Waals surface area contributed by atoms with Crippen molar-refractivity contribution in [2.24, 2.45) is 0 Å². The number of methoxy groups -OCH3 is 1. The van der Waals surface area contributed by atoms with Gasteiger partial charge in [-0.2, -0.15) is 0 Å². The van der Waals surface area contributed by atoms with Crippen LogP contribution >= 0.6 is 27.5 Å². The predicted molar refractivity (Wildman–Crippen MR) is 85.7 cm³/mol. The van der Waals surface area contributed by atoms with Crippen LogP contribution in [0.15, 0.2) is 40.9 Å². The van der Waals surface area contributed by atoms with Gasteiger partial charge in [-0.25, -0.2) is 4.79 Å². The van der Waals surface area contributed by atoms with E-state index >= 15 is 0 Å². The second kappa shape index (κ2) is 6.83. The zero-order valence-corrected chi connectivity index (χ0v) is 13.6. The summed E-state index contributed by atoms with van der Waals surface area (Å²) in [5.41, 5.74) is 7.14. The van der Waals surface area contributed by atoms with Crippen molar-refractivity contribution in [2.75, 3.05) is 12.8 Å². The van der Waals surface area contributed by atoms with Crippen molar-refractivity contribution in [3.63, 3.8) is 0 Å². The summed E-state index contributed by atoms with van der Waals surface area (Å²) in [6.07, 6.45) is 0. The molecule has 110 valence electrons. The van der Waals surface area contributed by atoms with E-state index in [-0.39, 0.29) is 12.2 Å². The summed E-state index contributed by atoms with van der Waals surface area (Å²) in [6, 6.07) is 10.1. The molecule has 0 aliphatic rings. The fourth-order valence-corrected chi connectivity index (χ4v) is 2.26. The molecule has 0 spiro atoms. The van der Waals surface area contributed by atoms with Gasteiger partial charge in [-0.3, -0.25) is 0 Å². The molecule has 2 N–H and O–H groups in total. The van der Waals surface area contributed by atoms with Crippen LogP contribution in [0, 0.1) is 0 Å². The van der Waals surface area contributed by atoms with Crippen LogP contribution in [-0.4, -0.2) is 13.1 Å². The minimum absolute atomic E-state index is 0.0990. The van der Waals surface area contributed by atoms with Gasteiger partial charge < -0.3 is 15.2 Å². The molecule has 0 amide bonds. The zero-order valence-electron chi connectivity index (χ0n) is 11.2. The summed E-state index contributed by atoms with van der Waals surface area (Å²) in [4.78, 5) is 12.0. The van der Waals surface area contributed by atoms with Crippen molar-refractivity contribution in [3.8, 4) is 5.75 Å². The van der Waals surface area contributed by atoms with Gasteiger partial charge in [-0.05, 0) is 36.4 Å². The summed E-state index contributed by atoms with van der Waals surface area (Å²) in [6.45, 7) is 0.0990. The number of hydrogen-bond donors (Lipinski definition) is 1. The highest BCUT2D eigenvalue weighted by atomic mass is 79.9. The largest absolute Gasteiger partial charge is 0.497 e. The predicted octanol–water partition coefficient (Wildman–Crippen LogP) is 4.05. The Kier molecular flexibility index (Phi) is 5.09. The molecule has 2 aromatic carbocycles. The summed E-state index contributed by atoms with van der Waals surface area (Å²) < 4.78 is 11.2. The fraction of sp³-hybridized carbons (Fsp3) is 0.133. The molecule has 6 heteroatoms. The molecule has 21 heavy (non-hydrogen) atoms.